The molecule has 0 atom stereocenters. The number of methoxy groups -OCH3 is 1. The molecule has 0 saturated carbocycles. The van der Waals surface area contributed by atoms with E-state index in [1.807, 2.05) is 59.5 Å². The second kappa shape index (κ2) is 9.01. The topological polar surface area (TPSA) is 59.5 Å². The molecule has 0 aliphatic carbocycles. The molecule has 3 aromatic rings. The normalized spacial score (nSPS) is 15.0. The number of rotatable bonds is 5. The zero-order valence-electron chi connectivity index (χ0n) is 17.0. The Morgan fingerprint density at radius 3 is 2.47 bits per heavy atom. The number of fused-ring (bicyclic) bond motifs is 1. The molecule has 1 saturated heterocycles. The van der Waals surface area contributed by atoms with Crippen LogP contribution in [0.1, 0.15) is 39.3 Å². The van der Waals surface area contributed by atoms with Crippen LogP contribution >= 0.6 is 0 Å². The van der Waals surface area contributed by atoms with Crippen molar-refractivity contribution in [3.05, 3.63) is 83.6 Å². The Morgan fingerprint density at radius 2 is 1.73 bits per heavy atom. The summed E-state index contributed by atoms with van der Waals surface area (Å²) in [5.41, 5.74) is 2.73. The van der Waals surface area contributed by atoms with Crippen molar-refractivity contribution in [2.45, 2.75) is 18.9 Å². The van der Waals surface area contributed by atoms with Gasteiger partial charge in [-0.25, -0.2) is 4.98 Å². The molecule has 1 amide bonds. The van der Waals surface area contributed by atoms with Gasteiger partial charge in [0.15, 0.2) is 0 Å². The molecular formula is C25H24N2O3. The molecule has 1 aliphatic rings. The summed E-state index contributed by atoms with van der Waals surface area (Å²) in [6.45, 7) is 1.43. The Morgan fingerprint density at radius 1 is 1.00 bits per heavy atom. The average Bonchev–Trinajstić information content (AvgIpc) is 2.82. The van der Waals surface area contributed by atoms with Crippen LogP contribution in [-0.2, 0) is 4.74 Å². The monoisotopic (exact) mass is 400 g/mol. The zero-order valence-corrected chi connectivity index (χ0v) is 17.0. The molecule has 0 spiro atoms. The van der Waals surface area contributed by atoms with E-state index in [0.717, 1.165) is 29.3 Å². The minimum atomic E-state index is -0.151. The third kappa shape index (κ3) is 4.47. The quantitative estimate of drug-likeness (QED) is 0.471. The lowest BCUT2D eigenvalue weighted by molar-refractivity contribution is 0.0350. The Balaban J connectivity index is 1.40. The summed E-state index contributed by atoms with van der Waals surface area (Å²) < 4.78 is 5.36. The van der Waals surface area contributed by atoms with Crippen molar-refractivity contribution >= 4 is 28.7 Å². The van der Waals surface area contributed by atoms with E-state index in [2.05, 4.69) is 4.98 Å². The van der Waals surface area contributed by atoms with Crippen molar-refractivity contribution in [3.8, 4) is 0 Å². The summed E-state index contributed by atoms with van der Waals surface area (Å²) in [6, 6.07) is 18.7. The van der Waals surface area contributed by atoms with Gasteiger partial charge in [0.05, 0.1) is 11.6 Å². The number of carbonyl (C=O) groups excluding carboxylic acids is 2. The molecule has 152 valence electrons. The summed E-state index contributed by atoms with van der Waals surface area (Å²) in [5.74, 6) is -0.113. The van der Waals surface area contributed by atoms with Gasteiger partial charge < -0.3 is 9.64 Å². The van der Waals surface area contributed by atoms with Gasteiger partial charge in [-0.1, -0.05) is 42.5 Å². The fourth-order valence-electron chi connectivity index (χ4n) is 3.67. The van der Waals surface area contributed by atoms with Crippen LogP contribution < -0.4 is 0 Å². The summed E-state index contributed by atoms with van der Waals surface area (Å²) in [4.78, 5) is 31.4. The van der Waals surface area contributed by atoms with Gasteiger partial charge in [-0.05, 0) is 48.7 Å². The molecule has 0 radical (unpaired) electrons. The highest BCUT2D eigenvalue weighted by Crippen LogP contribution is 2.17. The third-order valence-corrected chi connectivity index (χ3v) is 5.50. The number of pyridine rings is 1. The smallest absolute Gasteiger partial charge is 0.253 e. The van der Waals surface area contributed by atoms with Gasteiger partial charge in [-0.15, -0.1) is 0 Å². The highest BCUT2D eigenvalue weighted by Gasteiger charge is 2.23. The van der Waals surface area contributed by atoms with Gasteiger partial charge in [-0.3, -0.25) is 9.59 Å². The minimum Gasteiger partial charge on any atom is -0.381 e. The van der Waals surface area contributed by atoms with Gasteiger partial charge in [0, 0.05) is 31.1 Å². The molecule has 1 aromatic heterocycles. The Kier molecular flexibility index (Phi) is 6.00. The first kappa shape index (κ1) is 20.0. The molecule has 5 heteroatoms. The minimum absolute atomic E-state index is 0.0384. The lowest BCUT2D eigenvalue weighted by Crippen LogP contribution is -2.40. The first-order chi connectivity index (χ1) is 14.6. The number of ether oxygens (including phenoxy) is 1. The number of likely N-dealkylation sites (tertiary alicyclic amines) is 1. The number of allylic oxidation sites excluding steroid dienone is 1. The average molecular weight is 400 g/mol. The van der Waals surface area contributed by atoms with Gasteiger partial charge in [0.2, 0.25) is 5.78 Å². The van der Waals surface area contributed by atoms with Crippen LogP contribution in [0.5, 0.6) is 0 Å². The van der Waals surface area contributed by atoms with Gasteiger partial charge >= 0.3 is 0 Å². The number of aromatic nitrogens is 1. The lowest BCUT2D eigenvalue weighted by atomic mass is 10.1. The van der Waals surface area contributed by atoms with Crippen LogP contribution in [0.3, 0.4) is 0 Å². The second-order valence-electron chi connectivity index (χ2n) is 7.44. The van der Waals surface area contributed by atoms with Crippen molar-refractivity contribution in [1.82, 2.24) is 9.88 Å². The summed E-state index contributed by atoms with van der Waals surface area (Å²) in [5, 5.41) is 1.00. The largest absolute Gasteiger partial charge is 0.381 e. The van der Waals surface area contributed by atoms with Crippen molar-refractivity contribution in [3.63, 3.8) is 0 Å². The van der Waals surface area contributed by atoms with E-state index >= 15 is 0 Å². The van der Waals surface area contributed by atoms with Crippen LogP contribution in [0.25, 0.3) is 17.0 Å². The number of benzene rings is 2. The second-order valence-corrected chi connectivity index (χ2v) is 7.44. The van der Waals surface area contributed by atoms with Gasteiger partial charge in [0.25, 0.3) is 5.91 Å². The molecule has 0 N–H and O–H groups in total. The van der Waals surface area contributed by atoms with E-state index in [4.69, 9.17) is 4.74 Å². The molecule has 0 unspecified atom stereocenters. The maximum atomic E-state index is 12.7. The van der Waals surface area contributed by atoms with Crippen LogP contribution in [-0.4, -0.2) is 47.9 Å². The van der Waals surface area contributed by atoms with E-state index in [0.29, 0.717) is 24.3 Å². The van der Waals surface area contributed by atoms with E-state index in [1.54, 1.807) is 19.3 Å². The number of ketones is 1. The number of hydrogen-bond donors (Lipinski definition) is 0. The van der Waals surface area contributed by atoms with E-state index in [9.17, 15) is 9.59 Å². The molecule has 1 aliphatic heterocycles. The van der Waals surface area contributed by atoms with Gasteiger partial charge in [-0.2, -0.15) is 0 Å². The third-order valence-electron chi connectivity index (χ3n) is 5.50. The number of para-hydroxylation sites is 1. The van der Waals surface area contributed by atoms with Crippen LogP contribution in [0.2, 0.25) is 0 Å². The van der Waals surface area contributed by atoms with E-state index in [-0.39, 0.29) is 17.8 Å². The van der Waals surface area contributed by atoms with Crippen molar-refractivity contribution < 1.29 is 14.3 Å². The highest BCUT2D eigenvalue weighted by molar-refractivity contribution is 6.06. The fraction of sp³-hybridized carbons (Fsp3) is 0.240. The summed E-state index contributed by atoms with van der Waals surface area (Å²) in [7, 11) is 1.72. The molecule has 4 rings (SSSR count). The van der Waals surface area contributed by atoms with Gasteiger partial charge in [0.1, 0.15) is 5.69 Å². The Bertz CT molecular complexity index is 1080. The maximum absolute atomic E-state index is 12.7. The molecule has 30 heavy (non-hydrogen) atoms. The SMILES string of the molecule is COC1CCN(C(=O)c2ccc(C=CC(=O)c3ccc4ccccc4n3)cc2)CC1. The van der Waals surface area contributed by atoms with Crippen molar-refractivity contribution in [2.24, 2.45) is 0 Å². The molecule has 2 aromatic carbocycles. The number of amides is 1. The molecule has 1 fully saturated rings. The predicted octanol–water partition coefficient (Wildman–Crippen LogP) is 4.38. The van der Waals surface area contributed by atoms with Crippen molar-refractivity contribution in [2.75, 3.05) is 20.2 Å². The number of hydrogen-bond acceptors (Lipinski definition) is 4. The summed E-state index contributed by atoms with van der Waals surface area (Å²) >= 11 is 0. The number of carbonyl (C=O) groups is 2. The van der Waals surface area contributed by atoms with E-state index < -0.39 is 0 Å². The predicted molar refractivity (Wildman–Crippen MR) is 117 cm³/mol. The molecule has 0 bridgehead atoms. The summed E-state index contributed by atoms with van der Waals surface area (Å²) in [6.07, 6.45) is 5.25. The fourth-order valence-corrected chi connectivity index (χ4v) is 3.67. The number of nitrogens with zero attached hydrogens (tertiary/aromatic N) is 2. The first-order valence-corrected chi connectivity index (χ1v) is 10.1. The first-order valence-electron chi connectivity index (χ1n) is 10.1. The van der Waals surface area contributed by atoms with Crippen LogP contribution in [0.4, 0.5) is 0 Å². The van der Waals surface area contributed by atoms with E-state index in [1.165, 1.54) is 6.08 Å². The maximum Gasteiger partial charge on any atom is 0.253 e. The Labute approximate surface area is 176 Å². The highest BCUT2D eigenvalue weighted by atomic mass is 16.5. The zero-order chi connectivity index (χ0) is 20.9. The molecular weight excluding hydrogens is 376 g/mol. The molecule has 2 heterocycles. The lowest BCUT2D eigenvalue weighted by Gasteiger charge is -2.31. The Hall–Kier alpha value is -3.31. The van der Waals surface area contributed by atoms with Crippen LogP contribution in [0.15, 0.2) is 66.7 Å². The number of piperidine rings is 1. The van der Waals surface area contributed by atoms with Crippen molar-refractivity contribution in [1.29, 1.82) is 0 Å². The standard InChI is InChI=1S/C25H24N2O3/c1-30-21-14-16-27(17-15-21)25(29)20-9-6-18(7-10-20)8-13-24(28)23-12-11-19-4-2-3-5-22(19)26-23/h2-13,21H,14-17H2,1H3. The van der Waals surface area contributed by atoms with Crippen LogP contribution in [0, 0.1) is 0 Å². The molecule has 5 nitrogen and oxygen atoms in total.